The van der Waals surface area contributed by atoms with Crippen molar-refractivity contribution in [3.05, 3.63) is 23.7 Å². The largest absolute Gasteiger partial charge is 0.506 e. The topological polar surface area (TPSA) is 74.6 Å². The predicted octanol–water partition coefficient (Wildman–Crippen LogP) is 2.32. The maximum atomic E-state index is 13.1. The first kappa shape index (κ1) is 16.1. The van der Waals surface area contributed by atoms with Crippen LogP contribution < -0.4 is 0 Å². The maximum Gasteiger partial charge on any atom is 0.373 e. The van der Waals surface area contributed by atoms with E-state index in [0.29, 0.717) is 0 Å². The van der Waals surface area contributed by atoms with E-state index in [1.54, 1.807) is 0 Å². The number of alkyl halides is 4. The van der Waals surface area contributed by atoms with Gasteiger partial charge in [0.25, 0.3) is 0 Å². The van der Waals surface area contributed by atoms with Crippen molar-refractivity contribution in [2.24, 2.45) is 0 Å². The van der Waals surface area contributed by atoms with Gasteiger partial charge in [-0.3, -0.25) is 9.59 Å². The van der Waals surface area contributed by atoms with Gasteiger partial charge in [-0.2, -0.15) is 17.6 Å². The van der Waals surface area contributed by atoms with Crippen LogP contribution in [0.25, 0.3) is 0 Å². The van der Waals surface area contributed by atoms with Gasteiger partial charge in [0.05, 0.1) is 0 Å². The average Bonchev–Trinajstić information content (AvgIpc) is 2.14. The van der Waals surface area contributed by atoms with Crippen molar-refractivity contribution >= 4 is 11.6 Å². The molecular formula is C10H10F4O4. The highest BCUT2D eigenvalue weighted by atomic mass is 19.3. The third kappa shape index (κ3) is 3.31. The highest BCUT2D eigenvalue weighted by molar-refractivity contribution is 5.88. The third-order valence-corrected chi connectivity index (χ3v) is 1.72. The van der Waals surface area contributed by atoms with E-state index in [4.69, 9.17) is 10.2 Å². The van der Waals surface area contributed by atoms with Crippen molar-refractivity contribution in [3.8, 4) is 0 Å². The van der Waals surface area contributed by atoms with Crippen LogP contribution in [0.1, 0.15) is 13.8 Å². The zero-order chi connectivity index (χ0) is 14.7. The summed E-state index contributed by atoms with van der Waals surface area (Å²) in [5.41, 5.74) is 0. The maximum absolute atomic E-state index is 13.1. The first-order valence-electron chi connectivity index (χ1n) is 4.52. The van der Waals surface area contributed by atoms with Crippen LogP contribution in [-0.2, 0) is 9.59 Å². The Morgan fingerprint density at radius 1 is 0.833 bits per heavy atom. The fourth-order valence-electron chi connectivity index (χ4n) is 0.888. The first-order valence-corrected chi connectivity index (χ1v) is 4.52. The van der Waals surface area contributed by atoms with Gasteiger partial charge in [0.15, 0.2) is 23.1 Å². The van der Waals surface area contributed by atoms with Gasteiger partial charge in [0.1, 0.15) is 0 Å². The molecule has 8 heteroatoms. The van der Waals surface area contributed by atoms with Crippen molar-refractivity contribution < 1.29 is 37.4 Å². The molecule has 2 N–H and O–H groups in total. The molecule has 0 atom stereocenters. The monoisotopic (exact) mass is 270 g/mol. The number of carbonyl (C=O) groups is 2. The summed E-state index contributed by atoms with van der Waals surface area (Å²) < 4.78 is 52.5. The van der Waals surface area contributed by atoms with Crippen LogP contribution in [0.4, 0.5) is 17.6 Å². The summed E-state index contributed by atoms with van der Waals surface area (Å²) in [6.07, 6.45) is -0.204. The zero-order valence-electron chi connectivity index (χ0n) is 9.38. The molecule has 0 aliphatic carbocycles. The van der Waals surface area contributed by atoms with Crippen LogP contribution in [0.3, 0.4) is 0 Å². The zero-order valence-corrected chi connectivity index (χ0v) is 9.38. The Kier molecular flexibility index (Phi) is 4.66. The summed E-state index contributed by atoms with van der Waals surface area (Å²) in [7, 11) is 0. The van der Waals surface area contributed by atoms with Crippen LogP contribution in [-0.4, -0.2) is 33.6 Å². The van der Waals surface area contributed by atoms with Gasteiger partial charge >= 0.3 is 11.8 Å². The Morgan fingerprint density at radius 3 is 1.22 bits per heavy atom. The summed E-state index contributed by atoms with van der Waals surface area (Å²) in [5, 5.41) is 17.5. The lowest BCUT2D eigenvalue weighted by Crippen LogP contribution is -2.44. The number of halogens is 4. The van der Waals surface area contributed by atoms with E-state index in [0.717, 1.165) is 13.8 Å². The van der Waals surface area contributed by atoms with Gasteiger partial charge in [-0.05, 0) is 13.8 Å². The molecule has 0 fully saturated rings. The minimum Gasteiger partial charge on any atom is -0.506 e. The number of rotatable bonds is 5. The van der Waals surface area contributed by atoms with Crippen molar-refractivity contribution in [1.82, 2.24) is 0 Å². The minimum atomic E-state index is -5.21. The van der Waals surface area contributed by atoms with Gasteiger partial charge in [0, 0.05) is 12.2 Å². The highest BCUT2D eigenvalue weighted by Gasteiger charge is 2.62. The predicted molar refractivity (Wildman–Crippen MR) is 52.7 cm³/mol. The summed E-state index contributed by atoms with van der Waals surface area (Å²) in [5.74, 6) is -17.0. The van der Waals surface area contributed by atoms with E-state index >= 15 is 0 Å². The molecule has 0 aromatic carbocycles. The SMILES string of the molecule is CC(=O)/C=C(\O)C(F)(F)C(F)(F)/C(O)=C/C(C)=O. The molecule has 0 aliphatic heterocycles. The molecule has 4 nitrogen and oxygen atoms in total. The number of hydrogen-bond acceptors (Lipinski definition) is 4. The van der Waals surface area contributed by atoms with E-state index in [2.05, 4.69) is 0 Å². The van der Waals surface area contributed by atoms with Crippen LogP contribution in [0, 0.1) is 0 Å². The van der Waals surface area contributed by atoms with E-state index < -0.39 is 34.9 Å². The summed E-state index contributed by atoms with van der Waals surface area (Å²) in [4.78, 5) is 20.9. The van der Waals surface area contributed by atoms with E-state index in [1.165, 1.54) is 0 Å². The lowest BCUT2D eigenvalue weighted by Gasteiger charge is -2.24. The van der Waals surface area contributed by atoms with Crippen molar-refractivity contribution in [2.75, 3.05) is 0 Å². The van der Waals surface area contributed by atoms with Gasteiger partial charge < -0.3 is 10.2 Å². The van der Waals surface area contributed by atoms with Crippen LogP contribution in [0.2, 0.25) is 0 Å². The molecule has 0 amide bonds. The van der Waals surface area contributed by atoms with Gasteiger partial charge in [-0.25, -0.2) is 0 Å². The number of allylic oxidation sites excluding steroid dienone is 4. The number of ketones is 2. The summed E-state index contributed by atoms with van der Waals surface area (Å²) in [6.45, 7) is 1.52. The van der Waals surface area contributed by atoms with Crippen LogP contribution in [0.15, 0.2) is 23.7 Å². The normalized spacial score (nSPS) is 14.6. The van der Waals surface area contributed by atoms with E-state index in [-0.39, 0.29) is 12.2 Å². The molecule has 0 radical (unpaired) electrons. The van der Waals surface area contributed by atoms with Gasteiger partial charge in [-0.1, -0.05) is 0 Å². The molecule has 0 saturated carbocycles. The number of aliphatic hydroxyl groups is 2. The molecule has 18 heavy (non-hydrogen) atoms. The molecule has 0 saturated heterocycles. The van der Waals surface area contributed by atoms with Crippen molar-refractivity contribution in [3.63, 3.8) is 0 Å². The fraction of sp³-hybridized carbons (Fsp3) is 0.400. The molecule has 0 aromatic heterocycles. The van der Waals surface area contributed by atoms with Gasteiger partial charge in [0.2, 0.25) is 0 Å². The Morgan fingerprint density at radius 2 is 1.06 bits per heavy atom. The first-order chi connectivity index (χ1) is 7.92. The fourth-order valence-corrected chi connectivity index (χ4v) is 0.888. The highest BCUT2D eigenvalue weighted by Crippen LogP contribution is 2.42. The molecule has 0 heterocycles. The molecule has 0 aromatic rings. The van der Waals surface area contributed by atoms with Crippen LogP contribution >= 0.6 is 0 Å². The number of hydrogen-bond donors (Lipinski definition) is 2. The Labute approximate surface area is 99.2 Å². The number of aliphatic hydroxyl groups excluding tert-OH is 2. The Bertz CT molecular complexity index is 384. The molecule has 102 valence electrons. The Hall–Kier alpha value is -1.86. The van der Waals surface area contributed by atoms with E-state index in [9.17, 15) is 27.2 Å². The quantitative estimate of drug-likeness (QED) is 0.456. The van der Waals surface area contributed by atoms with Gasteiger partial charge in [-0.15, -0.1) is 0 Å². The molecule has 0 unspecified atom stereocenters. The second-order valence-electron chi connectivity index (χ2n) is 3.43. The second-order valence-corrected chi connectivity index (χ2v) is 3.43. The molecule has 0 aliphatic rings. The van der Waals surface area contributed by atoms with Crippen molar-refractivity contribution in [2.45, 2.75) is 25.7 Å². The molecule has 0 spiro atoms. The molecule has 0 rings (SSSR count). The third-order valence-electron chi connectivity index (χ3n) is 1.72. The second kappa shape index (κ2) is 5.19. The van der Waals surface area contributed by atoms with E-state index in [1.807, 2.05) is 0 Å². The standard InChI is InChI=1S/C10H10F4O4/c1-5(15)3-7(17)9(11,12)10(13,14)8(18)4-6(2)16/h3-4,17-18H,1-2H3/b7-3-,8-4-. The lowest BCUT2D eigenvalue weighted by atomic mass is 10.1. The summed E-state index contributed by atoms with van der Waals surface area (Å²) >= 11 is 0. The number of carbonyl (C=O) groups excluding carboxylic acids is 2. The summed E-state index contributed by atoms with van der Waals surface area (Å²) in [6, 6.07) is 0. The smallest absolute Gasteiger partial charge is 0.373 e. The van der Waals surface area contributed by atoms with Crippen LogP contribution in [0.5, 0.6) is 0 Å². The minimum absolute atomic E-state index is 0.102. The molecular weight excluding hydrogens is 260 g/mol. The molecule has 0 bridgehead atoms. The van der Waals surface area contributed by atoms with Crippen molar-refractivity contribution in [1.29, 1.82) is 0 Å². The lowest BCUT2D eigenvalue weighted by molar-refractivity contribution is -0.193. The average molecular weight is 270 g/mol. The Balaban J connectivity index is 5.58.